The lowest BCUT2D eigenvalue weighted by molar-refractivity contribution is 0.144. The molecule has 1 aliphatic heterocycles. The van der Waals surface area contributed by atoms with Gasteiger partial charge in [0.1, 0.15) is 5.82 Å². The van der Waals surface area contributed by atoms with Gasteiger partial charge in [-0.25, -0.2) is 4.39 Å². The SMILES string of the molecule is NC(CCN1CCCC(CCO)C1)c1ccc(F)cc1. The van der Waals surface area contributed by atoms with E-state index >= 15 is 0 Å². The lowest BCUT2D eigenvalue weighted by Crippen LogP contribution is -2.37. The van der Waals surface area contributed by atoms with Gasteiger partial charge in [-0.1, -0.05) is 12.1 Å². The molecule has 1 fully saturated rings. The molecule has 0 spiro atoms. The molecule has 20 heavy (non-hydrogen) atoms. The first-order valence-corrected chi connectivity index (χ1v) is 7.53. The van der Waals surface area contributed by atoms with Gasteiger partial charge in [0, 0.05) is 19.2 Å². The van der Waals surface area contributed by atoms with Crippen LogP contribution in [0, 0.1) is 11.7 Å². The summed E-state index contributed by atoms with van der Waals surface area (Å²) in [6.07, 6.45) is 4.22. The predicted molar refractivity (Wildman–Crippen MR) is 78.8 cm³/mol. The number of likely N-dealkylation sites (tertiary alicyclic amines) is 1. The maximum absolute atomic E-state index is 12.9. The smallest absolute Gasteiger partial charge is 0.123 e. The van der Waals surface area contributed by atoms with Gasteiger partial charge in [0.2, 0.25) is 0 Å². The van der Waals surface area contributed by atoms with E-state index in [0.29, 0.717) is 5.92 Å². The largest absolute Gasteiger partial charge is 0.396 e. The molecule has 112 valence electrons. The first-order chi connectivity index (χ1) is 9.69. The fraction of sp³-hybridized carbons (Fsp3) is 0.625. The zero-order valence-corrected chi connectivity index (χ0v) is 12.0. The third-order valence-corrected chi connectivity index (χ3v) is 4.19. The van der Waals surface area contributed by atoms with Gasteiger partial charge in [-0.2, -0.15) is 0 Å². The highest BCUT2D eigenvalue weighted by Crippen LogP contribution is 2.21. The number of halogens is 1. The van der Waals surface area contributed by atoms with Gasteiger partial charge in [-0.05, 0) is 62.4 Å². The Bertz CT molecular complexity index is 394. The van der Waals surface area contributed by atoms with Crippen LogP contribution in [0.3, 0.4) is 0 Å². The van der Waals surface area contributed by atoms with E-state index in [9.17, 15) is 4.39 Å². The second-order valence-electron chi connectivity index (χ2n) is 5.77. The average Bonchev–Trinajstić information content (AvgIpc) is 2.46. The van der Waals surface area contributed by atoms with Crippen LogP contribution in [0.5, 0.6) is 0 Å². The molecule has 2 unspecified atom stereocenters. The fourth-order valence-corrected chi connectivity index (χ4v) is 2.97. The van der Waals surface area contributed by atoms with Crippen molar-refractivity contribution in [3.05, 3.63) is 35.6 Å². The van der Waals surface area contributed by atoms with Crippen LogP contribution in [0.2, 0.25) is 0 Å². The molecule has 0 amide bonds. The normalized spacial score (nSPS) is 21.9. The number of nitrogens with two attached hydrogens (primary N) is 1. The van der Waals surface area contributed by atoms with Gasteiger partial charge < -0.3 is 15.7 Å². The van der Waals surface area contributed by atoms with Crippen molar-refractivity contribution in [3.63, 3.8) is 0 Å². The van der Waals surface area contributed by atoms with Crippen LogP contribution in [0.1, 0.15) is 37.3 Å². The van der Waals surface area contributed by atoms with E-state index in [0.717, 1.165) is 38.0 Å². The summed E-state index contributed by atoms with van der Waals surface area (Å²) in [7, 11) is 0. The molecule has 1 aromatic rings. The molecule has 0 aromatic heterocycles. The second kappa shape index (κ2) is 7.72. The minimum Gasteiger partial charge on any atom is -0.396 e. The first kappa shape index (κ1) is 15.4. The Morgan fingerprint density at radius 3 is 2.80 bits per heavy atom. The molecule has 0 saturated carbocycles. The first-order valence-electron chi connectivity index (χ1n) is 7.53. The molecule has 2 atom stereocenters. The summed E-state index contributed by atoms with van der Waals surface area (Å²) in [5.41, 5.74) is 7.16. The molecular formula is C16H25FN2O. The van der Waals surface area contributed by atoms with Crippen molar-refractivity contribution >= 4 is 0 Å². The Morgan fingerprint density at radius 2 is 2.10 bits per heavy atom. The van der Waals surface area contributed by atoms with Crippen LogP contribution in [-0.4, -0.2) is 36.2 Å². The third-order valence-electron chi connectivity index (χ3n) is 4.19. The molecule has 2 rings (SSSR count). The number of hydrogen-bond acceptors (Lipinski definition) is 3. The van der Waals surface area contributed by atoms with Gasteiger partial charge in [0.15, 0.2) is 0 Å². The number of hydrogen-bond donors (Lipinski definition) is 2. The van der Waals surface area contributed by atoms with Crippen LogP contribution in [0.15, 0.2) is 24.3 Å². The molecule has 4 heteroatoms. The predicted octanol–water partition coefficient (Wildman–Crippen LogP) is 2.31. The molecule has 3 nitrogen and oxygen atoms in total. The molecule has 1 aromatic carbocycles. The Kier molecular flexibility index (Phi) is 5.95. The van der Waals surface area contributed by atoms with Crippen LogP contribution in [0.25, 0.3) is 0 Å². The van der Waals surface area contributed by atoms with Crippen molar-refractivity contribution < 1.29 is 9.50 Å². The minimum absolute atomic E-state index is 0.0335. The van der Waals surface area contributed by atoms with Crippen molar-refractivity contribution in [2.75, 3.05) is 26.2 Å². The maximum atomic E-state index is 12.9. The van der Waals surface area contributed by atoms with Crippen molar-refractivity contribution in [1.29, 1.82) is 0 Å². The monoisotopic (exact) mass is 280 g/mol. The summed E-state index contributed by atoms with van der Waals surface area (Å²) in [6, 6.07) is 6.44. The standard InChI is InChI=1S/C16H25FN2O/c17-15-5-3-14(4-6-15)16(18)7-10-19-9-1-2-13(12-19)8-11-20/h3-6,13,16,20H,1-2,7-12,18H2. The number of benzene rings is 1. The van der Waals surface area contributed by atoms with Crippen LogP contribution < -0.4 is 5.73 Å². The summed E-state index contributed by atoms with van der Waals surface area (Å²) in [5, 5.41) is 9.02. The highest BCUT2D eigenvalue weighted by Gasteiger charge is 2.19. The molecule has 1 heterocycles. The van der Waals surface area contributed by atoms with Crippen LogP contribution in [-0.2, 0) is 0 Å². The number of nitrogens with zero attached hydrogens (tertiary/aromatic N) is 1. The molecule has 1 saturated heterocycles. The van der Waals surface area contributed by atoms with E-state index in [-0.39, 0.29) is 18.5 Å². The minimum atomic E-state index is -0.219. The molecule has 0 bridgehead atoms. The van der Waals surface area contributed by atoms with Gasteiger partial charge in [-0.15, -0.1) is 0 Å². The van der Waals surface area contributed by atoms with Crippen LogP contribution in [0.4, 0.5) is 4.39 Å². The highest BCUT2D eigenvalue weighted by atomic mass is 19.1. The van der Waals surface area contributed by atoms with E-state index in [1.807, 2.05) is 0 Å². The second-order valence-corrected chi connectivity index (χ2v) is 5.77. The Hall–Kier alpha value is -0.970. The van der Waals surface area contributed by atoms with Crippen LogP contribution >= 0.6 is 0 Å². The van der Waals surface area contributed by atoms with E-state index in [1.165, 1.54) is 25.0 Å². The Morgan fingerprint density at radius 1 is 1.35 bits per heavy atom. The quantitative estimate of drug-likeness (QED) is 0.840. The maximum Gasteiger partial charge on any atom is 0.123 e. The summed E-state index contributed by atoms with van der Waals surface area (Å²) in [6.45, 7) is 3.45. The summed E-state index contributed by atoms with van der Waals surface area (Å²) in [4.78, 5) is 2.44. The van der Waals surface area contributed by atoms with E-state index < -0.39 is 0 Å². The highest BCUT2D eigenvalue weighted by molar-refractivity contribution is 5.19. The summed E-state index contributed by atoms with van der Waals surface area (Å²) in [5.74, 6) is 0.402. The molecule has 0 radical (unpaired) electrons. The third kappa shape index (κ3) is 4.54. The van der Waals surface area contributed by atoms with Gasteiger partial charge in [0.05, 0.1) is 0 Å². The summed E-state index contributed by atoms with van der Waals surface area (Å²) < 4.78 is 12.9. The lowest BCUT2D eigenvalue weighted by atomic mass is 9.94. The van der Waals surface area contributed by atoms with Crippen molar-refractivity contribution in [1.82, 2.24) is 4.90 Å². The van der Waals surface area contributed by atoms with Gasteiger partial charge in [0.25, 0.3) is 0 Å². The lowest BCUT2D eigenvalue weighted by Gasteiger charge is -2.33. The fourth-order valence-electron chi connectivity index (χ4n) is 2.97. The average molecular weight is 280 g/mol. The number of rotatable bonds is 6. The van der Waals surface area contributed by atoms with Gasteiger partial charge >= 0.3 is 0 Å². The van der Waals surface area contributed by atoms with Crippen molar-refractivity contribution in [3.8, 4) is 0 Å². The topological polar surface area (TPSA) is 49.5 Å². The van der Waals surface area contributed by atoms with Crippen molar-refractivity contribution in [2.24, 2.45) is 11.7 Å². The van der Waals surface area contributed by atoms with Crippen molar-refractivity contribution in [2.45, 2.75) is 31.7 Å². The summed E-state index contributed by atoms with van der Waals surface area (Å²) >= 11 is 0. The molecule has 3 N–H and O–H groups in total. The Balaban J connectivity index is 1.78. The molecular weight excluding hydrogens is 255 g/mol. The van der Waals surface area contributed by atoms with E-state index in [1.54, 1.807) is 12.1 Å². The zero-order chi connectivity index (χ0) is 14.4. The zero-order valence-electron chi connectivity index (χ0n) is 12.0. The van der Waals surface area contributed by atoms with E-state index in [4.69, 9.17) is 10.8 Å². The number of piperidine rings is 1. The molecule has 1 aliphatic rings. The van der Waals surface area contributed by atoms with Gasteiger partial charge in [-0.3, -0.25) is 0 Å². The molecule has 0 aliphatic carbocycles. The number of aliphatic hydroxyl groups excluding tert-OH is 1. The Labute approximate surface area is 120 Å². The number of aliphatic hydroxyl groups is 1. The van der Waals surface area contributed by atoms with E-state index in [2.05, 4.69) is 4.90 Å².